The van der Waals surface area contributed by atoms with Gasteiger partial charge in [0, 0.05) is 15.8 Å². The maximum Gasteiger partial charge on any atom is 0.0408 e. The summed E-state index contributed by atoms with van der Waals surface area (Å²) in [5, 5.41) is 7.91. The maximum absolute atomic E-state index is 6.07. The van der Waals surface area contributed by atoms with Gasteiger partial charge in [0.25, 0.3) is 0 Å². The Morgan fingerprint density at radius 2 is 1.95 bits per heavy atom. The van der Waals surface area contributed by atoms with Crippen LogP contribution >= 0.6 is 22.9 Å². The van der Waals surface area contributed by atoms with Crippen LogP contribution in [0.2, 0.25) is 5.02 Å². The highest BCUT2D eigenvalue weighted by Gasteiger charge is 2.12. The van der Waals surface area contributed by atoms with E-state index in [1.165, 1.54) is 21.2 Å². The Balaban J connectivity index is 1.78. The van der Waals surface area contributed by atoms with E-state index in [9.17, 15) is 0 Å². The second-order valence-electron chi connectivity index (χ2n) is 5.28. The maximum atomic E-state index is 6.07. The monoisotopic (exact) mass is 315 g/mol. The van der Waals surface area contributed by atoms with Gasteiger partial charge in [0.05, 0.1) is 0 Å². The summed E-state index contributed by atoms with van der Waals surface area (Å²) in [4.78, 5) is 0. The van der Waals surface area contributed by atoms with Gasteiger partial charge in [0.2, 0.25) is 0 Å². The predicted molar refractivity (Wildman–Crippen MR) is 93.5 cm³/mol. The molecule has 108 valence electrons. The molecule has 0 fully saturated rings. The predicted octanol–water partition coefficient (Wildman–Crippen LogP) is 4.93. The molecule has 0 aliphatic heterocycles. The molecule has 21 heavy (non-hydrogen) atoms. The van der Waals surface area contributed by atoms with E-state index in [1.807, 2.05) is 30.5 Å². The van der Waals surface area contributed by atoms with E-state index in [0.717, 1.165) is 17.9 Å². The van der Waals surface area contributed by atoms with Crippen molar-refractivity contribution in [3.05, 3.63) is 70.1 Å². The van der Waals surface area contributed by atoms with Gasteiger partial charge in [-0.15, -0.1) is 11.3 Å². The van der Waals surface area contributed by atoms with E-state index in [1.54, 1.807) is 0 Å². The van der Waals surface area contributed by atoms with Crippen molar-refractivity contribution >= 4 is 33.0 Å². The summed E-state index contributed by atoms with van der Waals surface area (Å²) in [5.74, 6) is 0. The molecule has 0 radical (unpaired) electrons. The molecule has 2 aromatic carbocycles. The Bertz CT molecular complexity index is 735. The van der Waals surface area contributed by atoms with Crippen molar-refractivity contribution in [2.75, 3.05) is 7.05 Å². The standard InChI is InChI=1S/C18H18ClNS/c1-20-16(10-13-5-4-6-15(19)9-13)11-14-12-21-18-8-3-2-7-17(14)18/h2-9,12,16,20H,10-11H2,1H3. The highest BCUT2D eigenvalue weighted by atomic mass is 35.5. The van der Waals surface area contributed by atoms with Crippen molar-refractivity contribution in [1.29, 1.82) is 0 Å². The molecule has 1 nitrogen and oxygen atoms in total. The van der Waals surface area contributed by atoms with Crippen molar-refractivity contribution in [1.82, 2.24) is 5.32 Å². The lowest BCUT2D eigenvalue weighted by molar-refractivity contribution is 0.558. The van der Waals surface area contributed by atoms with Gasteiger partial charge in [0.15, 0.2) is 0 Å². The Morgan fingerprint density at radius 3 is 2.76 bits per heavy atom. The summed E-state index contributed by atoms with van der Waals surface area (Å²) in [6, 6.07) is 17.2. The Hall–Kier alpha value is -1.35. The van der Waals surface area contributed by atoms with Crippen molar-refractivity contribution < 1.29 is 0 Å². The number of likely N-dealkylation sites (N-methyl/N-ethyl adjacent to an activating group) is 1. The lowest BCUT2D eigenvalue weighted by Gasteiger charge is -2.16. The van der Waals surface area contributed by atoms with Crippen LogP contribution in [0.25, 0.3) is 10.1 Å². The van der Waals surface area contributed by atoms with Gasteiger partial charge in [-0.1, -0.05) is 41.9 Å². The van der Waals surface area contributed by atoms with Gasteiger partial charge in [-0.25, -0.2) is 0 Å². The molecule has 0 saturated carbocycles. The Labute approximate surface area is 134 Å². The zero-order valence-corrected chi connectivity index (χ0v) is 13.5. The Morgan fingerprint density at radius 1 is 1.10 bits per heavy atom. The fourth-order valence-electron chi connectivity index (χ4n) is 2.68. The second kappa shape index (κ2) is 6.61. The van der Waals surface area contributed by atoms with E-state index < -0.39 is 0 Å². The molecule has 0 aliphatic carbocycles. The zero-order valence-electron chi connectivity index (χ0n) is 12.0. The average molecular weight is 316 g/mol. The van der Waals surface area contributed by atoms with Gasteiger partial charge in [-0.05, 0) is 60.0 Å². The minimum atomic E-state index is 0.418. The van der Waals surface area contributed by atoms with Crippen LogP contribution in [0.15, 0.2) is 53.9 Å². The van der Waals surface area contributed by atoms with Crippen LogP contribution in [-0.2, 0) is 12.8 Å². The van der Waals surface area contributed by atoms with E-state index in [0.29, 0.717) is 6.04 Å². The highest BCUT2D eigenvalue weighted by Crippen LogP contribution is 2.27. The molecule has 3 aromatic rings. The minimum Gasteiger partial charge on any atom is -0.316 e. The van der Waals surface area contributed by atoms with Crippen LogP contribution in [0.4, 0.5) is 0 Å². The summed E-state index contributed by atoms with van der Waals surface area (Å²) < 4.78 is 1.37. The topological polar surface area (TPSA) is 12.0 Å². The molecule has 0 bridgehead atoms. The molecule has 1 heterocycles. The molecule has 1 N–H and O–H groups in total. The summed E-state index contributed by atoms with van der Waals surface area (Å²) in [6.07, 6.45) is 2.02. The third-order valence-corrected chi connectivity index (χ3v) is 5.05. The van der Waals surface area contributed by atoms with E-state index in [4.69, 9.17) is 11.6 Å². The van der Waals surface area contributed by atoms with E-state index >= 15 is 0 Å². The van der Waals surface area contributed by atoms with Crippen LogP contribution in [-0.4, -0.2) is 13.1 Å². The number of nitrogens with one attached hydrogen (secondary N) is 1. The molecular formula is C18H18ClNS. The average Bonchev–Trinajstić information content (AvgIpc) is 2.90. The first-order chi connectivity index (χ1) is 10.3. The SMILES string of the molecule is CNC(Cc1cccc(Cl)c1)Cc1csc2ccccc12. The third kappa shape index (κ3) is 3.46. The first kappa shape index (κ1) is 14.6. The number of rotatable bonds is 5. The Kier molecular flexibility index (Phi) is 4.59. The summed E-state index contributed by atoms with van der Waals surface area (Å²) in [5.41, 5.74) is 2.71. The summed E-state index contributed by atoms with van der Waals surface area (Å²) >= 11 is 7.90. The van der Waals surface area contributed by atoms with Crippen LogP contribution in [0.5, 0.6) is 0 Å². The van der Waals surface area contributed by atoms with E-state index in [2.05, 4.69) is 47.1 Å². The van der Waals surface area contributed by atoms with Crippen molar-refractivity contribution in [3.8, 4) is 0 Å². The van der Waals surface area contributed by atoms with Crippen molar-refractivity contribution in [2.24, 2.45) is 0 Å². The van der Waals surface area contributed by atoms with Gasteiger partial charge in [-0.3, -0.25) is 0 Å². The minimum absolute atomic E-state index is 0.418. The molecule has 1 unspecified atom stereocenters. The molecular weight excluding hydrogens is 298 g/mol. The fourth-order valence-corrected chi connectivity index (χ4v) is 3.87. The van der Waals surface area contributed by atoms with Crippen LogP contribution in [0, 0.1) is 0 Å². The molecule has 3 heteroatoms. The van der Waals surface area contributed by atoms with Gasteiger partial charge < -0.3 is 5.32 Å². The molecule has 0 aliphatic rings. The summed E-state index contributed by atoms with van der Waals surface area (Å²) in [7, 11) is 2.03. The summed E-state index contributed by atoms with van der Waals surface area (Å²) in [6.45, 7) is 0. The lowest BCUT2D eigenvalue weighted by Crippen LogP contribution is -2.29. The van der Waals surface area contributed by atoms with E-state index in [-0.39, 0.29) is 0 Å². The number of halogens is 1. The van der Waals surface area contributed by atoms with Gasteiger partial charge in [-0.2, -0.15) is 0 Å². The van der Waals surface area contributed by atoms with Crippen molar-refractivity contribution in [2.45, 2.75) is 18.9 Å². The molecule has 0 saturated heterocycles. The van der Waals surface area contributed by atoms with Crippen LogP contribution in [0.1, 0.15) is 11.1 Å². The zero-order chi connectivity index (χ0) is 14.7. The number of hydrogen-bond acceptors (Lipinski definition) is 2. The third-order valence-electron chi connectivity index (χ3n) is 3.81. The number of thiophene rings is 1. The largest absolute Gasteiger partial charge is 0.316 e. The van der Waals surface area contributed by atoms with Gasteiger partial charge >= 0.3 is 0 Å². The lowest BCUT2D eigenvalue weighted by atomic mass is 9.99. The van der Waals surface area contributed by atoms with Crippen LogP contribution < -0.4 is 5.32 Å². The number of hydrogen-bond donors (Lipinski definition) is 1. The first-order valence-electron chi connectivity index (χ1n) is 7.13. The quantitative estimate of drug-likeness (QED) is 0.704. The number of fused-ring (bicyclic) bond motifs is 1. The molecule has 1 atom stereocenters. The smallest absolute Gasteiger partial charge is 0.0408 e. The second-order valence-corrected chi connectivity index (χ2v) is 6.63. The van der Waals surface area contributed by atoms with Gasteiger partial charge in [0.1, 0.15) is 0 Å². The molecule has 0 amide bonds. The highest BCUT2D eigenvalue weighted by molar-refractivity contribution is 7.17. The molecule has 0 spiro atoms. The first-order valence-corrected chi connectivity index (χ1v) is 8.39. The number of benzene rings is 2. The fraction of sp³-hybridized carbons (Fsp3) is 0.222. The van der Waals surface area contributed by atoms with Crippen molar-refractivity contribution in [3.63, 3.8) is 0 Å². The molecule has 1 aromatic heterocycles. The van der Waals surface area contributed by atoms with Crippen LogP contribution in [0.3, 0.4) is 0 Å². The normalized spacial score (nSPS) is 12.7. The molecule has 3 rings (SSSR count).